The average molecular weight is 392 g/mol. The van der Waals surface area contributed by atoms with E-state index in [1.54, 1.807) is 25.6 Å². The lowest BCUT2D eigenvalue weighted by Crippen LogP contribution is -2.23. The summed E-state index contributed by atoms with van der Waals surface area (Å²) >= 11 is 7.83. The van der Waals surface area contributed by atoms with Crippen LogP contribution in [0.25, 0.3) is 21.3 Å². The molecule has 26 heavy (non-hydrogen) atoms. The lowest BCUT2D eigenvalue weighted by molar-refractivity contribution is 0.355. The number of hydrogen-bond donors (Lipinski definition) is 0. The van der Waals surface area contributed by atoms with E-state index >= 15 is 0 Å². The number of aryl methyl sites for hydroxylation is 1. The lowest BCUT2D eigenvalue weighted by Gasteiger charge is -2.21. The zero-order valence-electron chi connectivity index (χ0n) is 15.6. The van der Waals surface area contributed by atoms with Gasteiger partial charge in [0.05, 0.1) is 19.6 Å². The van der Waals surface area contributed by atoms with E-state index in [1.807, 2.05) is 18.2 Å². The van der Waals surface area contributed by atoms with Crippen molar-refractivity contribution in [1.82, 2.24) is 9.97 Å². The summed E-state index contributed by atoms with van der Waals surface area (Å²) in [4.78, 5) is 13.3. The molecule has 0 atom stereocenters. The van der Waals surface area contributed by atoms with Crippen LogP contribution in [0.1, 0.15) is 18.7 Å². The zero-order chi connectivity index (χ0) is 18.8. The molecule has 0 aliphatic carbocycles. The average Bonchev–Trinajstić information content (AvgIpc) is 2.97. The van der Waals surface area contributed by atoms with E-state index in [-0.39, 0.29) is 5.28 Å². The minimum absolute atomic E-state index is 0.277. The van der Waals surface area contributed by atoms with Crippen molar-refractivity contribution in [1.29, 1.82) is 0 Å². The fourth-order valence-electron chi connectivity index (χ4n) is 3.16. The summed E-state index contributed by atoms with van der Waals surface area (Å²) in [5.41, 5.74) is 2.16. The highest BCUT2D eigenvalue weighted by Gasteiger charge is 2.21. The van der Waals surface area contributed by atoms with Gasteiger partial charge in [0.2, 0.25) is 5.28 Å². The third-order valence-corrected chi connectivity index (χ3v) is 5.58. The van der Waals surface area contributed by atoms with Crippen LogP contribution >= 0.6 is 22.9 Å². The summed E-state index contributed by atoms with van der Waals surface area (Å²) in [5.74, 6) is 2.28. The number of hydrogen-bond acceptors (Lipinski definition) is 6. The number of benzene rings is 1. The van der Waals surface area contributed by atoms with Gasteiger partial charge >= 0.3 is 0 Å². The van der Waals surface area contributed by atoms with Gasteiger partial charge in [-0.15, -0.1) is 11.3 Å². The van der Waals surface area contributed by atoms with Crippen molar-refractivity contribution in [2.75, 3.05) is 32.2 Å². The number of ether oxygens (including phenoxy) is 2. The number of anilines is 1. The van der Waals surface area contributed by atoms with Gasteiger partial charge in [-0.2, -0.15) is 4.98 Å². The van der Waals surface area contributed by atoms with Crippen LogP contribution in [0.15, 0.2) is 18.2 Å². The second kappa shape index (κ2) is 7.68. The number of halogens is 1. The van der Waals surface area contributed by atoms with Gasteiger partial charge in [-0.1, -0.05) is 6.07 Å². The molecular formula is C19H22ClN3O2S. The number of thiophene rings is 1. The van der Waals surface area contributed by atoms with Gasteiger partial charge in [0, 0.05) is 23.5 Å². The maximum absolute atomic E-state index is 6.20. The number of methoxy groups -OCH3 is 2. The van der Waals surface area contributed by atoms with Gasteiger partial charge in [0.15, 0.2) is 11.5 Å². The largest absolute Gasteiger partial charge is 0.493 e. The Kier molecular flexibility index (Phi) is 5.53. The molecule has 138 valence electrons. The molecule has 0 saturated heterocycles. The highest BCUT2D eigenvalue weighted by atomic mass is 35.5. The van der Waals surface area contributed by atoms with E-state index < -0.39 is 0 Å². The molecular weight excluding hydrogens is 370 g/mol. The molecule has 0 aliphatic rings. The first-order valence-corrected chi connectivity index (χ1v) is 9.67. The van der Waals surface area contributed by atoms with Gasteiger partial charge < -0.3 is 14.4 Å². The van der Waals surface area contributed by atoms with Crippen LogP contribution in [0.4, 0.5) is 5.82 Å². The fraction of sp³-hybridized carbons (Fsp3) is 0.368. The Balaban J connectivity index is 2.31. The molecule has 2 heterocycles. The van der Waals surface area contributed by atoms with Crippen LogP contribution < -0.4 is 14.4 Å². The molecule has 0 bridgehead atoms. The minimum atomic E-state index is 0.277. The van der Waals surface area contributed by atoms with Crippen molar-refractivity contribution in [3.05, 3.63) is 28.4 Å². The number of rotatable bonds is 6. The topological polar surface area (TPSA) is 47.5 Å². The highest BCUT2D eigenvalue weighted by molar-refractivity contribution is 7.19. The van der Waals surface area contributed by atoms with Crippen LogP contribution in [-0.2, 0) is 0 Å². The second-order valence-corrected chi connectivity index (χ2v) is 7.31. The first kappa shape index (κ1) is 18.7. The summed E-state index contributed by atoms with van der Waals surface area (Å²) in [5, 5.41) is 1.31. The van der Waals surface area contributed by atoms with Crippen molar-refractivity contribution < 1.29 is 9.47 Å². The molecule has 0 aliphatic heterocycles. The number of fused-ring (bicyclic) bond motifs is 1. The summed E-state index contributed by atoms with van der Waals surface area (Å²) in [6.07, 6.45) is 0. The quantitative estimate of drug-likeness (QED) is 0.541. The second-order valence-electron chi connectivity index (χ2n) is 5.77. The van der Waals surface area contributed by atoms with E-state index in [0.29, 0.717) is 11.5 Å². The van der Waals surface area contributed by atoms with E-state index in [9.17, 15) is 0 Å². The normalized spacial score (nSPS) is 11.0. The molecule has 2 aromatic heterocycles. The Morgan fingerprint density at radius 1 is 1.08 bits per heavy atom. The van der Waals surface area contributed by atoms with Crippen molar-refractivity contribution >= 4 is 39.0 Å². The Morgan fingerprint density at radius 3 is 2.38 bits per heavy atom. The molecule has 0 saturated carbocycles. The molecule has 0 spiro atoms. The molecule has 0 radical (unpaired) electrons. The van der Waals surface area contributed by atoms with E-state index in [0.717, 1.165) is 45.1 Å². The molecule has 0 fully saturated rings. The molecule has 3 rings (SSSR count). The highest BCUT2D eigenvalue weighted by Crippen LogP contribution is 2.44. The third-order valence-electron chi connectivity index (χ3n) is 4.42. The van der Waals surface area contributed by atoms with E-state index in [2.05, 4.69) is 35.6 Å². The Morgan fingerprint density at radius 2 is 1.77 bits per heavy atom. The van der Waals surface area contributed by atoms with E-state index in [1.165, 1.54) is 0 Å². The molecule has 7 heteroatoms. The van der Waals surface area contributed by atoms with Crippen LogP contribution in [-0.4, -0.2) is 37.3 Å². The van der Waals surface area contributed by atoms with E-state index in [4.69, 9.17) is 21.1 Å². The number of aromatic nitrogens is 2. The standard InChI is InChI=1S/C19H22ClN3O2S/c1-6-23(7-2)17-16-15(11(3)26-18(16)22-19(20)21-17)12-8-9-13(24-4)14(10-12)25-5/h8-10H,6-7H2,1-5H3. The molecule has 0 unspecified atom stereocenters. The zero-order valence-corrected chi connectivity index (χ0v) is 17.2. The van der Waals surface area contributed by atoms with Crippen molar-refractivity contribution in [3.63, 3.8) is 0 Å². The van der Waals surface area contributed by atoms with Crippen molar-refractivity contribution in [3.8, 4) is 22.6 Å². The summed E-state index contributed by atoms with van der Waals surface area (Å²) in [6, 6.07) is 5.95. The van der Waals surface area contributed by atoms with Crippen molar-refractivity contribution in [2.24, 2.45) is 0 Å². The van der Waals surface area contributed by atoms with Crippen LogP contribution in [0.2, 0.25) is 5.28 Å². The molecule has 0 amide bonds. The first-order valence-electron chi connectivity index (χ1n) is 8.47. The Hall–Kier alpha value is -2.05. The molecule has 3 aromatic rings. The predicted octanol–water partition coefficient (Wildman–Crippen LogP) is 5.18. The smallest absolute Gasteiger partial charge is 0.225 e. The van der Waals surface area contributed by atoms with Gasteiger partial charge in [-0.25, -0.2) is 4.98 Å². The molecule has 5 nitrogen and oxygen atoms in total. The van der Waals surface area contributed by atoms with Gasteiger partial charge in [-0.05, 0) is 50.1 Å². The monoisotopic (exact) mass is 391 g/mol. The maximum Gasteiger partial charge on any atom is 0.225 e. The van der Waals surface area contributed by atoms with Gasteiger partial charge in [0.25, 0.3) is 0 Å². The van der Waals surface area contributed by atoms with Crippen LogP contribution in [0.5, 0.6) is 11.5 Å². The van der Waals surface area contributed by atoms with Gasteiger partial charge in [0.1, 0.15) is 10.6 Å². The minimum Gasteiger partial charge on any atom is -0.493 e. The van der Waals surface area contributed by atoms with Crippen molar-refractivity contribution in [2.45, 2.75) is 20.8 Å². The molecule has 0 N–H and O–H groups in total. The fourth-order valence-corrected chi connectivity index (χ4v) is 4.41. The van der Waals surface area contributed by atoms with Crippen LogP contribution in [0, 0.1) is 6.92 Å². The van der Waals surface area contributed by atoms with Crippen LogP contribution in [0.3, 0.4) is 0 Å². The summed E-state index contributed by atoms with van der Waals surface area (Å²) < 4.78 is 10.8. The maximum atomic E-state index is 6.20. The first-order chi connectivity index (χ1) is 12.5. The van der Waals surface area contributed by atoms with Gasteiger partial charge in [-0.3, -0.25) is 0 Å². The lowest BCUT2D eigenvalue weighted by atomic mass is 10.0. The molecule has 1 aromatic carbocycles. The predicted molar refractivity (Wildman–Crippen MR) is 109 cm³/mol. The summed E-state index contributed by atoms with van der Waals surface area (Å²) in [7, 11) is 3.28. The Bertz CT molecular complexity index is 938. The third kappa shape index (κ3) is 3.19. The Labute approximate surface area is 162 Å². The number of nitrogens with zero attached hydrogens (tertiary/aromatic N) is 3. The SMILES string of the molecule is CCN(CC)c1nc(Cl)nc2sc(C)c(-c3ccc(OC)c(OC)c3)c12. The summed E-state index contributed by atoms with van der Waals surface area (Å²) in [6.45, 7) is 8.01.